The van der Waals surface area contributed by atoms with Crippen molar-refractivity contribution in [3.05, 3.63) is 49.9 Å². The Balaban J connectivity index is 2.42. The van der Waals surface area contributed by atoms with Gasteiger partial charge in [-0.3, -0.25) is 0 Å². The van der Waals surface area contributed by atoms with Gasteiger partial charge in [0.1, 0.15) is 0 Å². The molecule has 0 aliphatic carbocycles. The highest BCUT2D eigenvalue weighted by Crippen LogP contribution is 2.34. The van der Waals surface area contributed by atoms with Crippen molar-refractivity contribution in [2.45, 2.75) is 13.0 Å². The first-order chi connectivity index (χ1) is 9.06. The Hall–Kier alpha value is -0.910. The molecule has 0 saturated carbocycles. The number of nitrogens with one attached hydrogen (secondary N) is 1. The number of methoxy groups -OCH3 is 1. The van der Waals surface area contributed by atoms with Gasteiger partial charge in [-0.05, 0) is 59.2 Å². The highest BCUT2D eigenvalue weighted by Gasteiger charge is 2.18. The fourth-order valence-electron chi connectivity index (χ4n) is 2.11. The van der Waals surface area contributed by atoms with Crippen LogP contribution in [0.1, 0.15) is 22.0 Å². The lowest BCUT2D eigenvalue weighted by Gasteiger charge is -2.17. The second-order valence-electron chi connectivity index (χ2n) is 4.18. The van der Waals surface area contributed by atoms with E-state index in [-0.39, 0.29) is 17.6 Å². The van der Waals surface area contributed by atoms with Gasteiger partial charge in [-0.2, -0.15) is 0 Å². The predicted molar refractivity (Wildman–Crippen MR) is 80.6 cm³/mol. The monoisotopic (exact) mass is 343 g/mol. The molecule has 1 aromatic carbocycles. The molecule has 2 aromatic rings. The highest BCUT2D eigenvalue weighted by atomic mass is 79.9. The van der Waals surface area contributed by atoms with Crippen molar-refractivity contribution >= 4 is 27.3 Å². The van der Waals surface area contributed by atoms with E-state index in [1.807, 2.05) is 13.1 Å². The molecule has 1 heterocycles. The molecule has 0 amide bonds. The Kier molecular flexibility index (Phi) is 4.60. The van der Waals surface area contributed by atoms with Crippen LogP contribution in [0.15, 0.2) is 28.1 Å². The van der Waals surface area contributed by atoms with Crippen LogP contribution >= 0.6 is 27.3 Å². The van der Waals surface area contributed by atoms with E-state index in [1.165, 1.54) is 18.1 Å². The van der Waals surface area contributed by atoms with Crippen LogP contribution in [0.25, 0.3) is 0 Å². The normalized spacial score (nSPS) is 12.5. The molecule has 0 aliphatic heterocycles. The van der Waals surface area contributed by atoms with Gasteiger partial charge in [0, 0.05) is 4.88 Å². The first-order valence-corrected chi connectivity index (χ1v) is 7.44. The Labute approximate surface area is 124 Å². The molecule has 19 heavy (non-hydrogen) atoms. The van der Waals surface area contributed by atoms with Gasteiger partial charge in [0.25, 0.3) is 0 Å². The molecule has 0 bridgehead atoms. The molecule has 2 rings (SSSR count). The number of thiophene rings is 1. The van der Waals surface area contributed by atoms with Gasteiger partial charge in [-0.25, -0.2) is 4.39 Å². The molecule has 1 N–H and O–H groups in total. The van der Waals surface area contributed by atoms with Crippen molar-refractivity contribution in [2.75, 3.05) is 14.2 Å². The maximum absolute atomic E-state index is 13.8. The van der Waals surface area contributed by atoms with Crippen molar-refractivity contribution in [1.29, 1.82) is 0 Å². The molecule has 0 saturated heterocycles. The largest absolute Gasteiger partial charge is 0.494 e. The minimum absolute atomic E-state index is 0.0250. The van der Waals surface area contributed by atoms with Crippen molar-refractivity contribution in [3.63, 3.8) is 0 Å². The number of hydrogen-bond donors (Lipinski definition) is 1. The lowest BCUT2D eigenvalue weighted by atomic mass is 9.99. The maximum atomic E-state index is 13.8. The Morgan fingerprint density at radius 3 is 2.58 bits per heavy atom. The van der Waals surface area contributed by atoms with E-state index >= 15 is 0 Å². The molecule has 2 nitrogen and oxygen atoms in total. The van der Waals surface area contributed by atoms with E-state index in [0.717, 1.165) is 14.9 Å². The molecular formula is C14H15BrFNOS. The van der Waals surface area contributed by atoms with Gasteiger partial charge >= 0.3 is 0 Å². The molecule has 1 atom stereocenters. The summed E-state index contributed by atoms with van der Waals surface area (Å²) in [5.74, 6) is -0.0750. The first-order valence-electron chi connectivity index (χ1n) is 5.83. The quantitative estimate of drug-likeness (QED) is 0.894. The Morgan fingerprint density at radius 1 is 1.37 bits per heavy atom. The summed E-state index contributed by atoms with van der Waals surface area (Å²) in [7, 11) is 3.34. The minimum atomic E-state index is -0.341. The van der Waals surface area contributed by atoms with E-state index in [1.54, 1.807) is 17.4 Å². The molecule has 1 aromatic heterocycles. The minimum Gasteiger partial charge on any atom is -0.494 e. The van der Waals surface area contributed by atoms with Crippen molar-refractivity contribution in [2.24, 2.45) is 0 Å². The number of halogens is 2. The average Bonchev–Trinajstić information content (AvgIpc) is 2.70. The van der Waals surface area contributed by atoms with Crippen molar-refractivity contribution in [1.82, 2.24) is 5.32 Å². The van der Waals surface area contributed by atoms with Crippen LogP contribution in [0.4, 0.5) is 4.39 Å². The van der Waals surface area contributed by atoms with E-state index in [4.69, 9.17) is 4.74 Å². The third-order valence-electron chi connectivity index (χ3n) is 3.03. The third-order valence-corrected chi connectivity index (χ3v) is 4.60. The number of aryl methyl sites for hydroxylation is 1. The van der Waals surface area contributed by atoms with Gasteiger partial charge in [0.15, 0.2) is 11.6 Å². The molecule has 0 aliphatic rings. The van der Waals surface area contributed by atoms with E-state index in [0.29, 0.717) is 0 Å². The molecule has 0 spiro atoms. The second-order valence-corrected chi connectivity index (χ2v) is 6.81. The van der Waals surface area contributed by atoms with Crippen LogP contribution in [0.5, 0.6) is 5.75 Å². The first kappa shape index (κ1) is 14.5. The van der Waals surface area contributed by atoms with Crippen LogP contribution < -0.4 is 10.1 Å². The zero-order chi connectivity index (χ0) is 14.0. The van der Waals surface area contributed by atoms with Crippen LogP contribution in [0.2, 0.25) is 0 Å². The van der Waals surface area contributed by atoms with Gasteiger partial charge < -0.3 is 10.1 Å². The Bertz CT molecular complexity index is 585. The summed E-state index contributed by atoms with van der Waals surface area (Å²) in [4.78, 5) is 1.21. The lowest BCUT2D eigenvalue weighted by Crippen LogP contribution is -2.18. The number of hydrogen-bond acceptors (Lipinski definition) is 3. The van der Waals surface area contributed by atoms with Crippen molar-refractivity contribution in [3.8, 4) is 5.75 Å². The number of ether oxygens (including phenoxy) is 1. The SMILES string of the molecule is CNC(c1ccc(OC)c(F)c1)c1cc(Br)sc1C. The molecule has 5 heteroatoms. The zero-order valence-electron chi connectivity index (χ0n) is 11.0. The Morgan fingerprint density at radius 2 is 2.11 bits per heavy atom. The van der Waals surface area contributed by atoms with Gasteiger partial charge in [-0.1, -0.05) is 6.07 Å². The third kappa shape index (κ3) is 2.99. The second kappa shape index (κ2) is 6.03. The molecule has 0 radical (unpaired) electrons. The fourth-order valence-corrected chi connectivity index (χ4v) is 3.86. The highest BCUT2D eigenvalue weighted by molar-refractivity contribution is 9.11. The van der Waals surface area contributed by atoms with E-state index in [9.17, 15) is 4.39 Å². The summed E-state index contributed by atoms with van der Waals surface area (Å²) in [5, 5.41) is 3.23. The van der Waals surface area contributed by atoms with Crippen LogP contribution in [0, 0.1) is 12.7 Å². The average molecular weight is 344 g/mol. The summed E-state index contributed by atoms with van der Waals surface area (Å²) >= 11 is 5.16. The van der Waals surface area contributed by atoms with E-state index < -0.39 is 0 Å². The zero-order valence-corrected chi connectivity index (χ0v) is 13.4. The summed E-state index contributed by atoms with van der Waals surface area (Å²) in [6.45, 7) is 2.06. The van der Waals surface area contributed by atoms with Crippen LogP contribution in [-0.2, 0) is 0 Å². The van der Waals surface area contributed by atoms with E-state index in [2.05, 4.69) is 34.2 Å². The smallest absolute Gasteiger partial charge is 0.165 e. The topological polar surface area (TPSA) is 21.3 Å². The summed E-state index contributed by atoms with van der Waals surface area (Å²) in [5.41, 5.74) is 2.04. The molecule has 102 valence electrons. The van der Waals surface area contributed by atoms with Crippen molar-refractivity contribution < 1.29 is 9.13 Å². The predicted octanol–water partition coefficient (Wildman–Crippen LogP) is 4.28. The molecule has 1 unspecified atom stereocenters. The van der Waals surface area contributed by atoms with Gasteiger partial charge in [-0.15, -0.1) is 11.3 Å². The number of benzene rings is 1. The summed E-state index contributed by atoms with van der Waals surface area (Å²) < 4.78 is 19.8. The summed E-state index contributed by atoms with van der Waals surface area (Å²) in [6, 6.07) is 7.11. The standard InChI is InChI=1S/C14H15BrFNOS/c1-8-10(7-13(15)19-8)14(17-2)9-4-5-12(18-3)11(16)6-9/h4-7,14,17H,1-3H3. The fraction of sp³-hybridized carbons (Fsp3) is 0.286. The summed E-state index contributed by atoms with van der Waals surface area (Å²) in [6.07, 6.45) is 0. The van der Waals surface area contributed by atoms with Gasteiger partial charge in [0.05, 0.1) is 16.9 Å². The lowest BCUT2D eigenvalue weighted by molar-refractivity contribution is 0.386. The van der Waals surface area contributed by atoms with Crippen LogP contribution in [0.3, 0.4) is 0 Å². The molecular weight excluding hydrogens is 329 g/mol. The molecule has 0 fully saturated rings. The van der Waals surface area contributed by atoms with Gasteiger partial charge in [0.2, 0.25) is 0 Å². The number of rotatable bonds is 4. The maximum Gasteiger partial charge on any atom is 0.165 e. The van der Waals surface area contributed by atoms with Crippen LogP contribution in [-0.4, -0.2) is 14.2 Å².